The van der Waals surface area contributed by atoms with Crippen LogP contribution < -0.4 is 0 Å². The lowest BCUT2D eigenvalue weighted by molar-refractivity contribution is -0.136. The van der Waals surface area contributed by atoms with Gasteiger partial charge < -0.3 is 10.0 Å². The van der Waals surface area contributed by atoms with Gasteiger partial charge in [-0.2, -0.15) is 0 Å². The van der Waals surface area contributed by atoms with Gasteiger partial charge in [0.25, 0.3) is 0 Å². The maximum Gasteiger partial charge on any atom is 0.307 e. The Morgan fingerprint density at radius 2 is 1.95 bits per heavy atom. The Kier molecular flexibility index (Phi) is 3.80. The third-order valence-corrected chi connectivity index (χ3v) is 5.48. The van der Waals surface area contributed by atoms with E-state index in [1.165, 1.54) is 29.2 Å². The summed E-state index contributed by atoms with van der Waals surface area (Å²) < 4.78 is 24.7. The molecule has 1 heterocycles. The molecule has 0 bridgehead atoms. The molecule has 108 valence electrons. The lowest BCUT2D eigenvalue weighted by Crippen LogP contribution is -2.31. The monoisotopic (exact) mass is 297 g/mol. The molecule has 20 heavy (non-hydrogen) atoms. The zero-order valence-electron chi connectivity index (χ0n) is 10.9. The van der Waals surface area contributed by atoms with Crippen LogP contribution in [0.1, 0.15) is 12.0 Å². The number of amides is 1. The summed E-state index contributed by atoms with van der Waals surface area (Å²) in [4.78, 5) is 23.8. The van der Waals surface area contributed by atoms with Crippen LogP contribution in [0, 0.1) is 0 Å². The van der Waals surface area contributed by atoms with Gasteiger partial charge in [0.1, 0.15) is 5.25 Å². The molecule has 0 aliphatic carbocycles. The maximum absolute atomic E-state index is 12.4. The number of carboxylic acids is 1. The van der Waals surface area contributed by atoms with Crippen molar-refractivity contribution in [1.29, 1.82) is 0 Å². The van der Waals surface area contributed by atoms with Gasteiger partial charge in [-0.1, -0.05) is 12.1 Å². The Hall–Kier alpha value is -1.89. The Morgan fingerprint density at radius 3 is 2.40 bits per heavy atom. The molecule has 0 saturated carbocycles. The van der Waals surface area contributed by atoms with E-state index in [1.807, 2.05) is 0 Å². The largest absolute Gasteiger partial charge is 0.481 e. The average molecular weight is 297 g/mol. The summed E-state index contributed by atoms with van der Waals surface area (Å²) in [7, 11) is -2.13. The van der Waals surface area contributed by atoms with Gasteiger partial charge in [0.2, 0.25) is 5.91 Å². The van der Waals surface area contributed by atoms with Crippen LogP contribution >= 0.6 is 0 Å². The van der Waals surface area contributed by atoms with Gasteiger partial charge >= 0.3 is 5.97 Å². The standard InChI is InChI=1S/C13H15NO5S/c1-14-7-6-11(13(14)17)20(18,19)10-4-2-9(3-5-10)8-12(15)16/h2-5,11H,6-8H2,1H3,(H,15,16). The van der Waals surface area contributed by atoms with Crippen molar-refractivity contribution in [1.82, 2.24) is 4.90 Å². The molecular formula is C13H15NO5S. The van der Waals surface area contributed by atoms with E-state index in [0.29, 0.717) is 12.1 Å². The second-order valence-corrected chi connectivity index (χ2v) is 6.93. The van der Waals surface area contributed by atoms with Crippen LogP contribution in [0.15, 0.2) is 29.2 Å². The zero-order chi connectivity index (χ0) is 14.9. The van der Waals surface area contributed by atoms with Gasteiger partial charge in [-0.15, -0.1) is 0 Å². The zero-order valence-corrected chi connectivity index (χ0v) is 11.8. The summed E-state index contributed by atoms with van der Waals surface area (Å²) in [5.41, 5.74) is 0.520. The van der Waals surface area contributed by atoms with Crippen molar-refractivity contribution in [3.63, 3.8) is 0 Å². The van der Waals surface area contributed by atoms with E-state index < -0.39 is 21.1 Å². The van der Waals surface area contributed by atoms with Crippen molar-refractivity contribution < 1.29 is 23.1 Å². The summed E-state index contributed by atoms with van der Waals surface area (Å²) in [5.74, 6) is -1.37. The second kappa shape index (κ2) is 5.24. The van der Waals surface area contributed by atoms with E-state index >= 15 is 0 Å². The molecule has 1 aromatic rings. The average Bonchev–Trinajstić information content (AvgIpc) is 2.70. The molecule has 2 rings (SSSR count). The minimum absolute atomic E-state index is 0.0558. The molecule has 1 N–H and O–H groups in total. The third-order valence-electron chi connectivity index (χ3n) is 3.36. The SMILES string of the molecule is CN1CCC(S(=O)(=O)c2ccc(CC(=O)O)cc2)C1=O. The number of nitrogens with zero attached hydrogens (tertiary/aromatic N) is 1. The predicted octanol–water partition coefficient (Wildman–Crippen LogP) is 0.318. The summed E-state index contributed by atoms with van der Waals surface area (Å²) in [5, 5.41) is 7.63. The Bertz CT molecular complexity index is 635. The minimum atomic E-state index is -3.70. The van der Waals surface area contributed by atoms with E-state index in [9.17, 15) is 18.0 Å². The molecule has 1 amide bonds. The number of benzene rings is 1. The summed E-state index contributed by atoms with van der Waals surface area (Å²) in [6.45, 7) is 0.430. The number of carbonyl (C=O) groups excluding carboxylic acids is 1. The Balaban J connectivity index is 2.26. The molecule has 6 nitrogen and oxygen atoms in total. The van der Waals surface area contributed by atoms with Crippen molar-refractivity contribution in [3.8, 4) is 0 Å². The van der Waals surface area contributed by atoms with Gasteiger partial charge in [0, 0.05) is 13.6 Å². The molecule has 1 aromatic carbocycles. The summed E-state index contributed by atoms with van der Waals surface area (Å²) >= 11 is 0. The second-order valence-electron chi connectivity index (χ2n) is 4.80. The predicted molar refractivity (Wildman–Crippen MR) is 71.0 cm³/mol. The van der Waals surface area contributed by atoms with Crippen LogP contribution in [0.5, 0.6) is 0 Å². The smallest absolute Gasteiger partial charge is 0.307 e. The molecule has 1 aliphatic heterocycles. The number of hydrogen-bond acceptors (Lipinski definition) is 4. The summed E-state index contributed by atoms with van der Waals surface area (Å²) in [6, 6.07) is 5.65. The number of sulfone groups is 1. The number of hydrogen-bond donors (Lipinski definition) is 1. The van der Waals surface area contributed by atoms with Crippen LogP contribution in [0.25, 0.3) is 0 Å². The highest BCUT2D eigenvalue weighted by molar-refractivity contribution is 7.92. The van der Waals surface area contributed by atoms with Crippen molar-refractivity contribution in [2.24, 2.45) is 0 Å². The van der Waals surface area contributed by atoms with Crippen LogP contribution in [-0.4, -0.2) is 49.1 Å². The molecule has 1 saturated heterocycles. The molecule has 0 aromatic heterocycles. The molecule has 0 radical (unpaired) electrons. The van der Waals surface area contributed by atoms with Crippen molar-refractivity contribution >= 4 is 21.7 Å². The fraction of sp³-hybridized carbons (Fsp3) is 0.385. The highest BCUT2D eigenvalue weighted by Gasteiger charge is 2.40. The van der Waals surface area contributed by atoms with Gasteiger partial charge in [0.05, 0.1) is 11.3 Å². The molecular weight excluding hydrogens is 282 g/mol. The number of carbonyl (C=O) groups is 2. The first-order valence-corrected chi connectivity index (χ1v) is 7.66. The highest BCUT2D eigenvalue weighted by Crippen LogP contribution is 2.24. The molecule has 7 heteroatoms. The maximum atomic E-state index is 12.4. The molecule has 0 spiro atoms. The van der Waals surface area contributed by atoms with Gasteiger partial charge in [-0.05, 0) is 24.1 Å². The first-order chi connectivity index (χ1) is 9.32. The Morgan fingerprint density at radius 1 is 1.35 bits per heavy atom. The van der Waals surface area contributed by atoms with Crippen molar-refractivity contribution in [2.45, 2.75) is 23.0 Å². The molecule has 1 unspecified atom stereocenters. The van der Waals surface area contributed by atoms with Crippen LogP contribution in [-0.2, 0) is 25.8 Å². The lowest BCUT2D eigenvalue weighted by atomic mass is 10.2. The van der Waals surface area contributed by atoms with Gasteiger partial charge in [-0.3, -0.25) is 9.59 Å². The molecule has 1 fully saturated rings. The molecule has 1 aliphatic rings. The van der Waals surface area contributed by atoms with Crippen molar-refractivity contribution in [3.05, 3.63) is 29.8 Å². The van der Waals surface area contributed by atoms with Gasteiger partial charge in [0.15, 0.2) is 9.84 Å². The van der Waals surface area contributed by atoms with Crippen LogP contribution in [0.3, 0.4) is 0 Å². The fourth-order valence-corrected chi connectivity index (χ4v) is 3.92. The first kappa shape index (κ1) is 14.5. The first-order valence-electron chi connectivity index (χ1n) is 6.12. The number of rotatable bonds is 4. The third kappa shape index (κ3) is 2.67. The highest BCUT2D eigenvalue weighted by atomic mass is 32.2. The topological polar surface area (TPSA) is 91.8 Å². The summed E-state index contributed by atoms with van der Waals surface area (Å²) in [6.07, 6.45) is 0.125. The fourth-order valence-electron chi connectivity index (χ4n) is 2.21. The number of likely N-dealkylation sites (tertiary alicyclic amines) is 1. The van der Waals surface area contributed by atoms with E-state index in [0.717, 1.165) is 0 Å². The number of aliphatic carboxylic acids is 1. The van der Waals surface area contributed by atoms with E-state index in [-0.39, 0.29) is 23.6 Å². The molecule has 1 atom stereocenters. The van der Waals surface area contributed by atoms with Gasteiger partial charge in [-0.25, -0.2) is 8.42 Å². The van der Waals surface area contributed by atoms with E-state index in [4.69, 9.17) is 5.11 Å². The normalized spacial score (nSPS) is 19.4. The quantitative estimate of drug-likeness (QED) is 0.864. The number of carboxylic acid groups (broad SMARTS) is 1. The van der Waals surface area contributed by atoms with Crippen LogP contribution in [0.4, 0.5) is 0 Å². The van der Waals surface area contributed by atoms with E-state index in [2.05, 4.69) is 0 Å². The van der Waals surface area contributed by atoms with Crippen LogP contribution in [0.2, 0.25) is 0 Å². The lowest BCUT2D eigenvalue weighted by Gasteiger charge is -2.11. The Labute approximate surface area is 116 Å². The minimum Gasteiger partial charge on any atom is -0.481 e. The van der Waals surface area contributed by atoms with Crippen molar-refractivity contribution in [2.75, 3.05) is 13.6 Å². The van der Waals surface area contributed by atoms with E-state index in [1.54, 1.807) is 7.05 Å².